The van der Waals surface area contributed by atoms with Crippen molar-refractivity contribution < 1.29 is 13.2 Å². The molecule has 1 aromatic carbocycles. The highest BCUT2D eigenvalue weighted by atomic mass is 35.5. The molecule has 7 rings (SSSR count). The van der Waals surface area contributed by atoms with E-state index in [0.717, 1.165) is 32.2 Å². The van der Waals surface area contributed by atoms with Crippen molar-refractivity contribution in [3.63, 3.8) is 0 Å². The number of Topliss-reactive ketones (excluding diaryl/α,β-unsaturated/α-hetero) is 1. The molecule has 51 heavy (non-hydrogen) atoms. The third-order valence-corrected chi connectivity index (χ3v) is 19.7. The number of carbonyl (C=O) groups is 1. The minimum atomic E-state index is -2.86. The highest BCUT2D eigenvalue weighted by molar-refractivity contribution is 7.91. The summed E-state index contributed by atoms with van der Waals surface area (Å²) in [5, 5.41) is 0.00472. The van der Waals surface area contributed by atoms with E-state index in [2.05, 4.69) is 90.6 Å². The topological polar surface area (TPSA) is 54.5 Å². The molecule has 6 aliphatic rings. The monoisotopic (exact) mass is 737 g/mol. The Morgan fingerprint density at radius 2 is 1.55 bits per heavy atom. The fourth-order valence-electron chi connectivity index (χ4n) is 14.5. The maximum absolute atomic E-state index is 14.7. The predicted molar refractivity (Wildman–Crippen MR) is 213 cm³/mol. The molecule has 0 amide bonds. The van der Waals surface area contributed by atoms with Gasteiger partial charge in [-0.15, -0.1) is 11.6 Å². The van der Waals surface area contributed by atoms with Crippen LogP contribution in [0, 0.1) is 69.5 Å². The number of rotatable bonds is 8. The Kier molecular flexibility index (Phi) is 9.90. The molecule has 6 heteroatoms. The molecule has 5 aliphatic carbocycles. The summed E-state index contributed by atoms with van der Waals surface area (Å²) in [6.07, 6.45) is 14.5. The van der Waals surface area contributed by atoms with Gasteiger partial charge in [0.2, 0.25) is 0 Å². The van der Waals surface area contributed by atoms with Gasteiger partial charge in [0.15, 0.2) is 9.84 Å². The number of hydrogen-bond acceptors (Lipinski definition) is 4. The maximum Gasteiger partial charge on any atom is 0.152 e. The summed E-state index contributed by atoms with van der Waals surface area (Å²) in [5.41, 5.74) is 4.37. The van der Waals surface area contributed by atoms with Crippen LogP contribution in [0.4, 0.5) is 0 Å². The number of ketones is 1. The molecule has 0 bridgehead atoms. The molecule has 10 atom stereocenters. The molecule has 284 valence electrons. The van der Waals surface area contributed by atoms with Crippen molar-refractivity contribution in [2.24, 2.45) is 62.6 Å². The molecule has 0 N–H and O–H groups in total. The molecule has 0 radical (unpaired) electrons. The number of halogens is 1. The third kappa shape index (κ3) is 5.89. The average molecular weight is 739 g/mol. The fourth-order valence-corrected chi connectivity index (χ4v) is 16.2. The molecule has 5 fully saturated rings. The van der Waals surface area contributed by atoms with Crippen molar-refractivity contribution in [3.8, 4) is 0 Å². The molecular formula is C45H68ClNO3S. The summed E-state index contributed by atoms with van der Waals surface area (Å²) >= 11 is 7.73. The molecule has 0 aromatic heterocycles. The first-order chi connectivity index (χ1) is 23.9. The molecule has 1 unspecified atom stereocenters. The number of fused-ring (bicyclic) bond motifs is 7. The minimum absolute atomic E-state index is 0.00472. The van der Waals surface area contributed by atoms with Gasteiger partial charge in [-0.3, -0.25) is 4.79 Å². The zero-order valence-corrected chi connectivity index (χ0v) is 34.8. The van der Waals surface area contributed by atoms with Gasteiger partial charge < -0.3 is 4.90 Å². The molecule has 1 heterocycles. The second-order valence-electron chi connectivity index (χ2n) is 20.1. The molecule has 1 aliphatic heterocycles. The molecule has 4 nitrogen and oxygen atoms in total. The highest BCUT2D eigenvalue weighted by Gasteiger charge is 2.72. The van der Waals surface area contributed by atoms with Crippen molar-refractivity contribution in [2.75, 3.05) is 31.1 Å². The summed E-state index contributed by atoms with van der Waals surface area (Å²) in [4.78, 5) is 16.9. The van der Waals surface area contributed by atoms with Crippen molar-refractivity contribution in [1.29, 1.82) is 0 Å². The van der Waals surface area contributed by atoms with Gasteiger partial charge >= 0.3 is 0 Å². The lowest BCUT2D eigenvalue weighted by molar-refractivity contribution is -0.226. The van der Waals surface area contributed by atoms with Crippen LogP contribution in [0.15, 0.2) is 30.3 Å². The summed E-state index contributed by atoms with van der Waals surface area (Å²) in [6.45, 7) is 22.2. The quantitative estimate of drug-likeness (QED) is 0.197. The minimum Gasteiger partial charge on any atom is -0.301 e. The Hall–Kier alpha value is -1.17. The summed E-state index contributed by atoms with van der Waals surface area (Å²) < 4.78 is 23.8. The molecule has 1 saturated heterocycles. The van der Waals surface area contributed by atoms with Crippen LogP contribution < -0.4 is 0 Å². The standard InChI is InChI=1S/C45H68ClNO3S/c1-30(2)33-18-21-45(39(48)11-9-10-24-47-25-27-51(49,50)28-26-47)23-22-42(6)34(40(33)45)16-17-37-43(42,7)20-19-36-41(4,5)35(29-38(46)44(36,37)8)32-14-12-31(3)13-15-32/h12-15,29-30,33-34,36-38,40H,9-11,16-28H2,1-8H3/t33-,34+,36-,37-,38?,40+,42+,43+,44-,45+/m0/s1. The Morgan fingerprint density at radius 1 is 0.863 bits per heavy atom. The van der Waals surface area contributed by atoms with E-state index in [-0.39, 0.29) is 44.0 Å². The number of hydrogen-bond donors (Lipinski definition) is 0. The van der Waals surface area contributed by atoms with E-state index in [1.165, 1.54) is 55.2 Å². The van der Waals surface area contributed by atoms with Crippen LogP contribution in [0.25, 0.3) is 5.57 Å². The average Bonchev–Trinajstić information content (AvgIpc) is 3.48. The molecule has 0 spiro atoms. The van der Waals surface area contributed by atoms with Crippen molar-refractivity contribution in [2.45, 2.75) is 131 Å². The predicted octanol–water partition coefficient (Wildman–Crippen LogP) is 10.4. The van der Waals surface area contributed by atoms with Crippen LogP contribution in [0.5, 0.6) is 0 Å². The van der Waals surface area contributed by atoms with E-state index in [1.807, 2.05) is 0 Å². The number of alkyl halides is 1. The lowest BCUT2D eigenvalue weighted by atomic mass is 9.32. The van der Waals surface area contributed by atoms with Crippen LogP contribution >= 0.6 is 11.6 Å². The molecular weight excluding hydrogens is 670 g/mol. The second kappa shape index (κ2) is 13.2. The van der Waals surface area contributed by atoms with Crippen LogP contribution in [0.3, 0.4) is 0 Å². The molecule has 4 saturated carbocycles. The fraction of sp³-hybridized carbons (Fsp3) is 0.800. The number of allylic oxidation sites excluding steroid dienone is 2. The van der Waals surface area contributed by atoms with Gasteiger partial charge in [-0.25, -0.2) is 8.42 Å². The zero-order valence-electron chi connectivity index (χ0n) is 33.2. The second-order valence-corrected chi connectivity index (χ2v) is 22.9. The van der Waals surface area contributed by atoms with Gasteiger partial charge in [0.05, 0.1) is 16.9 Å². The number of unbranched alkanes of at least 4 members (excludes halogenated alkanes) is 1. The number of aryl methyl sites for hydroxylation is 1. The van der Waals surface area contributed by atoms with E-state index in [9.17, 15) is 13.2 Å². The largest absolute Gasteiger partial charge is 0.301 e. The van der Waals surface area contributed by atoms with Crippen LogP contribution in [0.1, 0.15) is 130 Å². The van der Waals surface area contributed by atoms with Gasteiger partial charge in [0.1, 0.15) is 5.78 Å². The maximum atomic E-state index is 14.7. The number of benzene rings is 1. The number of carbonyl (C=O) groups excluding carboxylic acids is 1. The van der Waals surface area contributed by atoms with Gasteiger partial charge in [0.25, 0.3) is 0 Å². The van der Waals surface area contributed by atoms with E-state index < -0.39 is 9.84 Å². The van der Waals surface area contributed by atoms with E-state index in [0.29, 0.717) is 60.8 Å². The summed E-state index contributed by atoms with van der Waals surface area (Å²) in [5.74, 6) is 4.50. The Balaban J connectivity index is 1.13. The van der Waals surface area contributed by atoms with Crippen LogP contribution in [-0.4, -0.2) is 55.6 Å². The Morgan fingerprint density at radius 3 is 2.22 bits per heavy atom. The van der Waals surface area contributed by atoms with Crippen LogP contribution in [-0.2, 0) is 14.6 Å². The smallest absolute Gasteiger partial charge is 0.152 e. The first-order valence-electron chi connectivity index (χ1n) is 20.8. The van der Waals surface area contributed by atoms with Crippen molar-refractivity contribution >= 4 is 32.8 Å². The van der Waals surface area contributed by atoms with Crippen molar-refractivity contribution in [1.82, 2.24) is 4.90 Å². The van der Waals surface area contributed by atoms with Gasteiger partial charge in [-0.05, 0) is 146 Å². The van der Waals surface area contributed by atoms with E-state index in [1.54, 1.807) is 0 Å². The van der Waals surface area contributed by atoms with Gasteiger partial charge in [-0.2, -0.15) is 0 Å². The first-order valence-corrected chi connectivity index (χ1v) is 23.1. The van der Waals surface area contributed by atoms with Crippen LogP contribution in [0.2, 0.25) is 0 Å². The number of sulfone groups is 1. The zero-order chi connectivity index (χ0) is 36.8. The summed E-state index contributed by atoms with van der Waals surface area (Å²) in [6, 6.07) is 9.10. The summed E-state index contributed by atoms with van der Waals surface area (Å²) in [7, 11) is -2.86. The number of nitrogens with zero attached hydrogens (tertiary/aromatic N) is 1. The highest BCUT2D eigenvalue weighted by Crippen LogP contribution is 2.78. The normalized spacial score (nSPS) is 43.1. The van der Waals surface area contributed by atoms with Gasteiger partial charge in [-0.1, -0.05) is 84.4 Å². The Labute approximate surface area is 316 Å². The lowest BCUT2D eigenvalue weighted by Gasteiger charge is -2.73. The third-order valence-electron chi connectivity index (χ3n) is 17.5. The van der Waals surface area contributed by atoms with E-state index >= 15 is 0 Å². The molecule has 1 aromatic rings. The van der Waals surface area contributed by atoms with Gasteiger partial charge in [0, 0.05) is 24.9 Å². The first kappa shape index (κ1) is 38.1. The van der Waals surface area contributed by atoms with Crippen molar-refractivity contribution in [3.05, 3.63) is 41.5 Å². The lowest BCUT2D eigenvalue weighted by Crippen LogP contribution is -2.67. The van der Waals surface area contributed by atoms with E-state index in [4.69, 9.17) is 11.6 Å². The SMILES string of the molecule is Cc1ccc(C2=CC(Cl)[C@]3(C)[C@H]4CC[C@@H]5[C@H]6[C@H](C(C)C)CC[C@]6(C(=O)CCCCN6CCS(=O)(=O)CC6)CC[C@@]5(C)[C@]4(C)CC[C@H]3C2(C)C)cc1. The Bertz CT molecular complexity index is 1620.